The SMILES string of the molecule is Cc1ncc(COP(=O)(O)O)c(/C=N/NC(=O)CC[C@H](N)C(=O)O)c1O. The Balaban J connectivity index is 2.79. The average molecular weight is 390 g/mol. The maximum atomic E-state index is 11.6. The van der Waals surface area contributed by atoms with E-state index in [1.165, 1.54) is 13.1 Å². The lowest BCUT2D eigenvalue weighted by Gasteiger charge is -2.10. The lowest BCUT2D eigenvalue weighted by molar-refractivity contribution is -0.138. The monoisotopic (exact) mass is 390 g/mol. The number of carbonyl (C=O) groups is 2. The Morgan fingerprint density at radius 2 is 2.15 bits per heavy atom. The number of aromatic nitrogens is 1. The van der Waals surface area contributed by atoms with E-state index in [-0.39, 0.29) is 35.4 Å². The fraction of sp³-hybridized carbons (Fsp3) is 0.385. The predicted molar refractivity (Wildman–Crippen MR) is 88.1 cm³/mol. The summed E-state index contributed by atoms with van der Waals surface area (Å²) in [6, 6.07) is -1.17. The van der Waals surface area contributed by atoms with E-state index >= 15 is 0 Å². The number of amides is 1. The highest BCUT2D eigenvalue weighted by atomic mass is 31.2. The van der Waals surface area contributed by atoms with Crippen LogP contribution in [0.5, 0.6) is 5.75 Å². The first-order valence-electron chi connectivity index (χ1n) is 7.19. The summed E-state index contributed by atoms with van der Waals surface area (Å²) >= 11 is 0. The molecule has 7 N–H and O–H groups in total. The molecule has 0 bridgehead atoms. The number of hydrogen-bond acceptors (Lipinski definition) is 8. The third kappa shape index (κ3) is 7.25. The number of carboxylic acid groups (broad SMARTS) is 1. The number of rotatable bonds is 9. The molecule has 26 heavy (non-hydrogen) atoms. The van der Waals surface area contributed by atoms with E-state index in [9.17, 15) is 19.3 Å². The van der Waals surface area contributed by atoms with Crippen molar-refractivity contribution in [2.75, 3.05) is 0 Å². The number of pyridine rings is 1. The molecule has 0 aliphatic rings. The van der Waals surface area contributed by atoms with Crippen molar-refractivity contribution in [3.63, 3.8) is 0 Å². The summed E-state index contributed by atoms with van der Waals surface area (Å²) in [5, 5.41) is 22.3. The lowest BCUT2D eigenvalue weighted by atomic mass is 10.1. The van der Waals surface area contributed by atoms with E-state index in [1.54, 1.807) is 0 Å². The highest BCUT2D eigenvalue weighted by Gasteiger charge is 2.17. The molecule has 1 aromatic heterocycles. The van der Waals surface area contributed by atoms with Gasteiger partial charge in [-0.15, -0.1) is 0 Å². The number of hydrazone groups is 1. The van der Waals surface area contributed by atoms with Crippen molar-refractivity contribution in [1.82, 2.24) is 10.4 Å². The van der Waals surface area contributed by atoms with Gasteiger partial charge in [0.05, 0.1) is 18.5 Å². The molecule has 0 aliphatic heterocycles. The second kappa shape index (κ2) is 9.36. The number of aromatic hydroxyl groups is 1. The topological polar surface area (TPSA) is 205 Å². The van der Waals surface area contributed by atoms with E-state index in [2.05, 4.69) is 20.0 Å². The zero-order chi connectivity index (χ0) is 19.9. The first-order valence-corrected chi connectivity index (χ1v) is 8.72. The minimum Gasteiger partial charge on any atom is -0.505 e. The Labute approximate surface area is 147 Å². The molecule has 0 fully saturated rings. The number of aryl methyl sites for hydroxylation is 1. The maximum Gasteiger partial charge on any atom is 0.469 e. The van der Waals surface area contributed by atoms with Crippen molar-refractivity contribution in [2.24, 2.45) is 10.8 Å². The van der Waals surface area contributed by atoms with Crippen LogP contribution in [0.3, 0.4) is 0 Å². The molecule has 1 heterocycles. The molecule has 0 unspecified atom stereocenters. The number of carboxylic acids is 1. The van der Waals surface area contributed by atoms with Crippen molar-refractivity contribution in [2.45, 2.75) is 32.4 Å². The van der Waals surface area contributed by atoms with Crippen LogP contribution >= 0.6 is 7.82 Å². The van der Waals surface area contributed by atoms with E-state index in [0.29, 0.717) is 0 Å². The lowest BCUT2D eigenvalue weighted by Crippen LogP contribution is -2.31. The molecule has 144 valence electrons. The molecule has 13 heteroatoms. The molecule has 0 saturated heterocycles. The standard InChI is InChI=1S/C13H19N4O8P/c1-7-12(19)9(8(4-15-7)6-25-26(22,23)24)5-16-17-11(18)3-2-10(14)13(20)21/h4-5,10,19H,2-3,6,14H2,1H3,(H,17,18)(H,20,21)(H2,22,23,24)/b16-5+/t10-/m0/s1. The second-order valence-electron chi connectivity index (χ2n) is 5.17. The fourth-order valence-electron chi connectivity index (χ4n) is 1.70. The van der Waals surface area contributed by atoms with Gasteiger partial charge in [-0.05, 0) is 13.3 Å². The van der Waals surface area contributed by atoms with Crippen LogP contribution in [0.25, 0.3) is 0 Å². The van der Waals surface area contributed by atoms with Crippen LogP contribution in [-0.4, -0.2) is 49.1 Å². The van der Waals surface area contributed by atoms with Crippen LogP contribution < -0.4 is 11.2 Å². The minimum absolute atomic E-state index is 0.0495. The van der Waals surface area contributed by atoms with Gasteiger partial charge in [-0.3, -0.25) is 19.1 Å². The van der Waals surface area contributed by atoms with Gasteiger partial charge in [0.25, 0.3) is 0 Å². The molecule has 12 nitrogen and oxygen atoms in total. The Hall–Kier alpha value is -2.37. The van der Waals surface area contributed by atoms with E-state index in [0.717, 1.165) is 6.21 Å². The first-order chi connectivity index (χ1) is 12.0. The van der Waals surface area contributed by atoms with Crippen molar-refractivity contribution in [1.29, 1.82) is 0 Å². The van der Waals surface area contributed by atoms with Gasteiger partial charge in [0.1, 0.15) is 11.8 Å². The molecule has 0 aliphatic carbocycles. The summed E-state index contributed by atoms with van der Waals surface area (Å²) in [5.74, 6) is -2.13. The molecule has 1 amide bonds. The van der Waals surface area contributed by atoms with Crippen LogP contribution in [0.15, 0.2) is 11.3 Å². The maximum absolute atomic E-state index is 11.6. The summed E-state index contributed by atoms with van der Waals surface area (Å²) in [4.78, 5) is 43.5. The van der Waals surface area contributed by atoms with E-state index in [1.807, 2.05) is 0 Å². The van der Waals surface area contributed by atoms with Crippen molar-refractivity contribution >= 4 is 25.9 Å². The second-order valence-corrected chi connectivity index (χ2v) is 6.41. The minimum atomic E-state index is -4.73. The third-order valence-corrected chi connectivity index (χ3v) is 3.59. The van der Waals surface area contributed by atoms with Gasteiger partial charge >= 0.3 is 13.8 Å². The molecule has 1 atom stereocenters. The van der Waals surface area contributed by atoms with Gasteiger partial charge in [0.2, 0.25) is 5.91 Å². The Kier molecular flexibility index (Phi) is 7.80. The highest BCUT2D eigenvalue weighted by molar-refractivity contribution is 7.46. The summed E-state index contributed by atoms with van der Waals surface area (Å²) in [5.41, 5.74) is 7.81. The number of nitrogens with two attached hydrogens (primary N) is 1. The van der Waals surface area contributed by atoms with Crippen LogP contribution in [0, 0.1) is 6.92 Å². The Morgan fingerprint density at radius 3 is 2.73 bits per heavy atom. The highest BCUT2D eigenvalue weighted by Crippen LogP contribution is 2.37. The molecule has 1 rings (SSSR count). The van der Waals surface area contributed by atoms with Crippen LogP contribution in [0.1, 0.15) is 29.7 Å². The summed E-state index contributed by atoms with van der Waals surface area (Å²) < 4.78 is 15.2. The van der Waals surface area contributed by atoms with Gasteiger partial charge in [-0.25, -0.2) is 9.99 Å². The predicted octanol–water partition coefficient (Wildman–Crippen LogP) is -0.653. The fourth-order valence-corrected chi connectivity index (χ4v) is 2.01. The zero-order valence-corrected chi connectivity index (χ0v) is 14.6. The number of phosphoric acid groups is 1. The van der Waals surface area contributed by atoms with Gasteiger partial charge in [0.15, 0.2) is 0 Å². The quantitative estimate of drug-likeness (QED) is 0.178. The van der Waals surface area contributed by atoms with Crippen LogP contribution in [0.4, 0.5) is 0 Å². The number of nitrogens with zero attached hydrogens (tertiary/aromatic N) is 2. The zero-order valence-electron chi connectivity index (χ0n) is 13.7. The van der Waals surface area contributed by atoms with Crippen LogP contribution in [0.2, 0.25) is 0 Å². The summed E-state index contributed by atoms with van der Waals surface area (Å²) in [6.45, 7) is 0.944. The number of hydrogen-bond donors (Lipinski definition) is 6. The Morgan fingerprint density at radius 1 is 1.50 bits per heavy atom. The van der Waals surface area contributed by atoms with Crippen molar-refractivity contribution in [3.8, 4) is 5.75 Å². The molecule has 1 aromatic rings. The average Bonchev–Trinajstić information content (AvgIpc) is 2.54. The molecular formula is C13H19N4O8P. The normalized spacial score (nSPS) is 12.9. The van der Waals surface area contributed by atoms with Crippen molar-refractivity contribution < 1.29 is 38.7 Å². The summed E-state index contributed by atoms with van der Waals surface area (Å²) in [6.07, 6.45) is 2.02. The van der Waals surface area contributed by atoms with E-state index in [4.69, 9.17) is 20.6 Å². The smallest absolute Gasteiger partial charge is 0.469 e. The molecule has 0 saturated carbocycles. The largest absolute Gasteiger partial charge is 0.505 e. The van der Waals surface area contributed by atoms with Gasteiger partial charge in [-0.1, -0.05) is 0 Å². The number of carbonyl (C=O) groups excluding carboxylic acids is 1. The van der Waals surface area contributed by atoms with Gasteiger partial charge < -0.3 is 25.7 Å². The first kappa shape index (κ1) is 21.7. The van der Waals surface area contributed by atoms with Crippen LogP contribution in [-0.2, 0) is 25.3 Å². The molecule has 0 aromatic carbocycles. The van der Waals surface area contributed by atoms with Gasteiger partial charge in [0, 0.05) is 23.7 Å². The molecule has 0 spiro atoms. The van der Waals surface area contributed by atoms with Gasteiger partial charge in [-0.2, -0.15) is 5.10 Å². The number of nitrogens with one attached hydrogen (secondary N) is 1. The Bertz CT molecular complexity index is 748. The third-order valence-electron chi connectivity index (χ3n) is 3.13. The molecular weight excluding hydrogens is 371 g/mol. The van der Waals surface area contributed by atoms with Crippen molar-refractivity contribution in [3.05, 3.63) is 23.0 Å². The molecule has 0 radical (unpaired) electrons. The number of aliphatic carboxylic acids is 1. The van der Waals surface area contributed by atoms with E-state index < -0.39 is 32.3 Å². The number of phosphoric ester groups is 1. The summed E-state index contributed by atoms with van der Waals surface area (Å²) in [7, 11) is -4.73.